The van der Waals surface area contributed by atoms with Gasteiger partial charge in [0.1, 0.15) is 36.1 Å². The maximum Gasteiger partial charge on any atom is 0.408 e. The second-order valence-corrected chi connectivity index (χ2v) is 14.2. The molecule has 3 aromatic carbocycles. The van der Waals surface area contributed by atoms with Crippen molar-refractivity contribution in [3.05, 3.63) is 108 Å². The third-order valence-electron chi connectivity index (χ3n) is 8.52. The Kier molecular flexibility index (Phi) is 16.6. The fourth-order valence-corrected chi connectivity index (χ4v) is 6.11. The molecule has 3 aromatic rings. The van der Waals surface area contributed by atoms with E-state index in [1.165, 1.54) is 6.92 Å². The second kappa shape index (κ2) is 21.3. The van der Waals surface area contributed by atoms with Crippen LogP contribution >= 0.6 is 0 Å². The summed E-state index contributed by atoms with van der Waals surface area (Å²) in [4.78, 5) is 52.2. The van der Waals surface area contributed by atoms with E-state index in [0.717, 1.165) is 16.7 Å². The number of rotatable bonds is 19. The molecule has 12 nitrogen and oxygen atoms in total. The number of Topliss-reactive ketones (excluding diaryl/α,β-unsaturated/α-hetero) is 1. The van der Waals surface area contributed by atoms with Gasteiger partial charge >= 0.3 is 12.1 Å². The zero-order valence-corrected chi connectivity index (χ0v) is 31.9. The number of ketones is 1. The predicted octanol–water partition coefficient (Wildman–Crippen LogP) is 5.84. The van der Waals surface area contributed by atoms with Crippen LogP contribution in [0, 0.1) is 0 Å². The maximum atomic E-state index is 14.2. The molecule has 54 heavy (non-hydrogen) atoms. The van der Waals surface area contributed by atoms with Gasteiger partial charge in [-0.15, -0.1) is 0 Å². The molecule has 2 amide bonds. The lowest BCUT2D eigenvalue weighted by atomic mass is 9.88. The lowest BCUT2D eigenvalue weighted by Crippen LogP contribution is -2.67. The molecule has 4 rings (SSSR count). The van der Waals surface area contributed by atoms with Crippen LogP contribution in [-0.4, -0.2) is 79.1 Å². The van der Waals surface area contributed by atoms with Gasteiger partial charge in [-0.2, -0.15) is 0 Å². The first kappa shape index (κ1) is 42.1. The monoisotopic (exact) mass is 746 g/mol. The highest BCUT2D eigenvalue weighted by atomic mass is 16.6. The summed E-state index contributed by atoms with van der Waals surface area (Å²) in [7, 11) is 0. The molecule has 0 bridgehead atoms. The van der Waals surface area contributed by atoms with Gasteiger partial charge < -0.3 is 39.1 Å². The van der Waals surface area contributed by atoms with E-state index in [-0.39, 0.29) is 57.4 Å². The van der Waals surface area contributed by atoms with Crippen LogP contribution in [0.1, 0.15) is 70.6 Å². The number of carbonyl (C=O) groups is 4. The van der Waals surface area contributed by atoms with Crippen molar-refractivity contribution in [2.75, 3.05) is 13.2 Å². The SMILES string of the molecule is CCOC(=O)[C@@H](CCCC(=O)[C@@H]1O[C@H](COCc2ccccc2)[C@@H](OCc2ccccc2)[C@H](OCc2ccccc2)[C@H]1NC(C)=O)NC(=O)OC(C)(C)C. The van der Waals surface area contributed by atoms with E-state index in [1.807, 2.05) is 91.0 Å². The van der Waals surface area contributed by atoms with E-state index in [1.54, 1.807) is 27.7 Å². The van der Waals surface area contributed by atoms with Crippen molar-refractivity contribution in [1.82, 2.24) is 10.6 Å². The number of hydrogen-bond acceptors (Lipinski definition) is 10. The van der Waals surface area contributed by atoms with Crippen LogP contribution in [0.15, 0.2) is 91.0 Å². The largest absolute Gasteiger partial charge is 0.464 e. The Morgan fingerprint density at radius 3 is 1.83 bits per heavy atom. The van der Waals surface area contributed by atoms with Crippen molar-refractivity contribution in [3.63, 3.8) is 0 Å². The molecule has 292 valence electrons. The van der Waals surface area contributed by atoms with Crippen LogP contribution < -0.4 is 10.6 Å². The minimum Gasteiger partial charge on any atom is -0.464 e. The molecule has 0 spiro atoms. The zero-order chi connectivity index (χ0) is 38.9. The van der Waals surface area contributed by atoms with Crippen molar-refractivity contribution >= 4 is 23.8 Å². The lowest BCUT2D eigenvalue weighted by molar-refractivity contribution is -0.230. The molecule has 0 unspecified atom stereocenters. The molecule has 1 saturated heterocycles. The van der Waals surface area contributed by atoms with Gasteiger partial charge in [-0.1, -0.05) is 91.0 Å². The van der Waals surface area contributed by atoms with Crippen LogP contribution in [0.25, 0.3) is 0 Å². The summed E-state index contributed by atoms with van der Waals surface area (Å²) in [5.74, 6) is -1.33. The Labute approximate surface area is 318 Å². The van der Waals surface area contributed by atoms with Gasteiger partial charge in [-0.25, -0.2) is 9.59 Å². The molecule has 0 saturated carbocycles. The third kappa shape index (κ3) is 14.0. The molecule has 0 radical (unpaired) electrons. The van der Waals surface area contributed by atoms with Gasteiger partial charge in [0.2, 0.25) is 5.91 Å². The number of esters is 1. The van der Waals surface area contributed by atoms with E-state index in [4.69, 9.17) is 28.4 Å². The Bertz CT molecular complexity index is 1600. The Morgan fingerprint density at radius 1 is 0.778 bits per heavy atom. The van der Waals surface area contributed by atoms with Crippen LogP contribution in [-0.2, 0) is 62.6 Å². The van der Waals surface area contributed by atoms with Crippen LogP contribution in [0.3, 0.4) is 0 Å². The molecule has 1 aliphatic heterocycles. The number of ether oxygens (including phenoxy) is 6. The fourth-order valence-electron chi connectivity index (χ4n) is 6.11. The Hall–Kier alpha value is -4.62. The minimum absolute atomic E-state index is 0.0365. The van der Waals surface area contributed by atoms with Gasteiger partial charge in [0, 0.05) is 13.3 Å². The smallest absolute Gasteiger partial charge is 0.408 e. The molecule has 1 heterocycles. The second-order valence-electron chi connectivity index (χ2n) is 14.2. The summed E-state index contributed by atoms with van der Waals surface area (Å²) in [6.45, 7) is 9.08. The molecule has 2 N–H and O–H groups in total. The highest BCUT2D eigenvalue weighted by Gasteiger charge is 2.50. The van der Waals surface area contributed by atoms with Crippen molar-refractivity contribution in [3.8, 4) is 0 Å². The van der Waals surface area contributed by atoms with Crippen LogP contribution in [0.2, 0.25) is 0 Å². The van der Waals surface area contributed by atoms with E-state index >= 15 is 0 Å². The molecule has 0 aliphatic carbocycles. The topological polar surface area (TPSA) is 148 Å². The summed E-state index contributed by atoms with van der Waals surface area (Å²) < 4.78 is 36.4. The van der Waals surface area contributed by atoms with Crippen molar-refractivity contribution in [2.45, 2.75) is 116 Å². The summed E-state index contributed by atoms with van der Waals surface area (Å²) in [5.41, 5.74) is 2.01. The number of benzene rings is 3. The highest BCUT2D eigenvalue weighted by molar-refractivity contribution is 5.86. The number of nitrogens with one attached hydrogen (secondary N) is 2. The van der Waals surface area contributed by atoms with Crippen LogP contribution in [0.4, 0.5) is 4.79 Å². The average Bonchev–Trinajstić information content (AvgIpc) is 3.14. The predicted molar refractivity (Wildman–Crippen MR) is 201 cm³/mol. The lowest BCUT2D eigenvalue weighted by Gasteiger charge is -2.46. The van der Waals surface area contributed by atoms with Crippen molar-refractivity contribution < 1.29 is 47.6 Å². The standard InChI is InChI=1S/C42H54N2O10/c1-6-50-40(47)33(44-41(48)54-42(3,4)5)23-16-24-34(46)37-36(43-29(2)45)39(52-27-32-21-14-9-15-22-32)38(51-26-31-19-12-8-13-20-31)35(53-37)28-49-25-30-17-10-7-11-18-30/h7-15,17-22,33,35-39H,6,16,23-28H2,1-5H3,(H,43,45)(H,44,48)/t33-,35-,36+,37+,38-,39-/m1/s1. The Morgan fingerprint density at radius 2 is 1.31 bits per heavy atom. The highest BCUT2D eigenvalue weighted by Crippen LogP contribution is 2.30. The van der Waals surface area contributed by atoms with Gasteiger partial charge in [-0.3, -0.25) is 9.59 Å². The average molecular weight is 747 g/mol. The summed E-state index contributed by atoms with van der Waals surface area (Å²) in [6, 6.07) is 27.0. The summed E-state index contributed by atoms with van der Waals surface area (Å²) in [6.07, 6.45) is -4.00. The first-order valence-electron chi connectivity index (χ1n) is 18.5. The number of hydrogen-bond donors (Lipinski definition) is 2. The van der Waals surface area contributed by atoms with E-state index < -0.39 is 54.2 Å². The molecule has 1 aliphatic rings. The molecule has 6 atom stereocenters. The molecular weight excluding hydrogens is 692 g/mol. The van der Waals surface area contributed by atoms with Gasteiger partial charge in [0.15, 0.2) is 5.78 Å². The van der Waals surface area contributed by atoms with Crippen molar-refractivity contribution in [1.29, 1.82) is 0 Å². The van der Waals surface area contributed by atoms with E-state index in [9.17, 15) is 19.2 Å². The van der Waals surface area contributed by atoms with Crippen molar-refractivity contribution in [2.24, 2.45) is 0 Å². The normalized spacial score (nSPS) is 20.4. The Balaban J connectivity index is 1.59. The molecule has 0 aromatic heterocycles. The quantitative estimate of drug-likeness (QED) is 0.143. The minimum atomic E-state index is -1.14. The molecular formula is C42H54N2O10. The summed E-state index contributed by atoms with van der Waals surface area (Å²) >= 11 is 0. The fraction of sp³-hybridized carbons (Fsp3) is 0.476. The van der Waals surface area contributed by atoms with Gasteiger partial charge in [0.05, 0.1) is 39.1 Å². The zero-order valence-electron chi connectivity index (χ0n) is 31.9. The first-order chi connectivity index (χ1) is 25.9. The van der Waals surface area contributed by atoms with E-state index in [2.05, 4.69) is 10.6 Å². The number of alkyl carbamates (subject to hydrolysis) is 1. The third-order valence-corrected chi connectivity index (χ3v) is 8.52. The molecule has 12 heteroatoms. The first-order valence-corrected chi connectivity index (χ1v) is 18.5. The summed E-state index contributed by atoms with van der Waals surface area (Å²) in [5, 5.41) is 5.51. The van der Waals surface area contributed by atoms with Gasteiger partial charge in [0.25, 0.3) is 0 Å². The van der Waals surface area contributed by atoms with E-state index in [0.29, 0.717) is 6.61 Å². The maximum absolute atomic E-state index is 14.2. The van der Waals surface area contributed by atoms with Crippen LogP contribution in [0.5, 0.6) is 0 Å². The number of carbonyl (C=O) groups excluding carboxylic acids is 4. The molecule has 1 fully saturated rings. The number of amides is 2. The van der Waals surface area contributed by atoms with Gasteiger partial charge in [-0.05, 0) is 57.2 Å².